The zero-order chi connectivity index (χ0) is 22.7. The Bertz CT molecular complexity index is 1170. The smallest absolute Gasteiger partial charge is 0.339 e. The van der Waals surface area contributed by atoms with Crippen LogP contribution < -0.4 is 20.7 Å². The standard InChI is InChI=1S/C19H17FN2O8S/c1-3-28-18(26)13(8-31-10(2)23)21-7-12(20)17(25)22(19(21)27)16(24)11-4-5-14-15(6-11)30-9-29-14/h4-7,13H,3,8-9H2,1-2H3/t13-/m1/s1. The van der Waals surface area contributed by atoms with Gasteiger partial charge in [-0.3, -0.25) is 19.0 Å². The molecule has 0 amide bonds. The number of esters is 1. The van der Waals surface area contributed by atoms with Gasteiger partial charge in [-0.05, 0) is 25.1 Å². The largest absolute Gasteiger partial charge is 0.464 e. The van der Waals surface area contributed by atoms with E-state index >= 15 is 0 Å². The summed E-state index contributed by atoms with van der Waals surface area (Å²) in [5, 5.41) is -0.354. The summed E-state index contributed by atoms with van der Waals surface area (Å²) in [6.45, 7) is 2.68. The Kier molecular flexibility index (Phi) is 6.59. The molecule has 3 rings (SSSR count). The van der Waals surface area contributed by atoms with Gasteiger partial charge in [0, 0.05) is 18.2 Å². The normalized spacial score (nSPS) is 13.0. The van der Waals surface area contributed by atoms with Crippen LogP contribution in [-0.4, -0.2) is 45.3 Å². The van der Waals surface area contributed by atoms with Gasteiger partial charge in [-0.25, -0.2) is 9.59 Å². The summed E-state index contributed by atoms with van der Waals surface area (Å²) in [5.41, 5.74) is -2.87. The van der Waals surface area contributed by atoms with E-state index < -0.39 is 35.0 Å². The number of rotatable bonds is 6. The van der Waals surface area contributed by atoms with Crippen molar-refractivity contribution in [1.29, 1.82) is 0 Å². The first kappa shape index (κ1) is 22.3. The van der Waals surface area contributed by atoms with E-state index in [9.17, 15) is 28.4 Å². The molecule has 12 heteroatoms. The van der Waals surface area contributed by atoms with Crippen LogP contribution in [0, 0.1) is 5.82 Å². The van der Waals surface area contributed by atoms with Gasteiger partial charge < -0.3 is 14.2 Å². The lowest BCUT2D eigenvalue weighted by molar-refractivity contribution is -0.146. The number of hydrogen-bond acceptors (Lipinski definition) is 9. The van der Waals surface area contributed by atoms with Gasteiger partial charge >= 0.3 is 11.7 Å². The third-order valence-corrected chi connectivity index (χ3v) is 5.12. The van der Waals surface area contributed by atoms with Crippen molar-refractivity contribution >= 4 is 28.8 Å². The predicted octanol–water partition coefficient (Wildman–Crippen LogP) is 0.950. The van der Waals surface area contributed by atoms with Crippen molar-refractivity contribution < 1.29 is 33.0 Å². The van der Waals surface area contributed by atoms with E-state index in [0.717, 1.165) is 0 Å². The summed E-state index contributed by atoms with van der Waals surface area (Å²) in [6.07, 6.45) is 0.524. The maximum absolute atomic E-state index is 14.4. The third kappa shape index (κ3) is 4.53. The summed E-state index contributed by atoms with van der Waals surface area (Å²) >= 11 is 0.707. The van der Waals surface area contributed by atoms with Crippen LogP contribution in [0.25, 0.3) is 0 Å². The number of carbonyl (C=O) groups excluding carboxylic acids is 3. The van der Waals surface area contributed by atoms with E-state index in [1.807, 2.05) is 0 Å². The van der Waals surface area contributed by atoms with E-state index in [0.29, 0.717) is 28.3 Å². The zero-order valence-corrected chi connectivity index (χ0v) is 17.3. The maximum Gasteiger partial charge on any atom is 0.339 e. The number of aromatic nitrogens is 2. The minimum Gasteiger partial charge on any atom is -0.464 e. The highest BCUT2D eigenvalue weighted by Crippen LogP contribution is 2.32. The fourth-order valence-electron chi connectivity index (χ4n) is 2.80. The number of halogens is 1. The number of carbonyl (C=O) groups is 3. The number of nitrogens with zero attached hydrogens (tertiary/aromatic N) is 2. The Hall–Kier alpha value is -3.41. The number of benzene rings is 1. The summed E-state index contributed by atoms with van der Waals surface area (Å²) < 4.78 is 30.3. The number of fused-ring (bicyclic) bond motifs is 1. The van der Waals surface area contributed by atoms with Gasteiger partial charge in [-0.1, -0.05) is 11.8 Å². The molecule has 1 aromatic heterocycles. The minimum absolute atomic E-state index is 0.0347. The number of hydrogen-bond donors (Lipinski definition) is 0. The van der Waals surface area contributed by atoms with E-state index in [-0.39, 0.29) is 40.1 Å². The topological polar surface area (TPSA) is 123 Å². The van der Waals surface area contributed by atoms with Crippen molar-refractivity contribution in [3.63, 3.8) is 0 Å². The average molecular weight is 452 g/mol. The SMILES string of the molecule is CCOC(=O)[C@@H](CSC(C)=O)n1cc(F)c(=O)n(C(=O)c2ccc3c(c2)OCO3)c1=O. The number of ether oxygens (including phenoxy) is 3. The maximum atomic E-state index is 14.4. The van der Waals surface area contributed by atoms with E-state index in [2.05, 4.69) is 0 Å². The third-order valence-electron chi connectivity index (χ3n) is 4.23. The van der Waals surface area contributed by atoms with Crippen LogP contribution in [0.2, 0.25) is 0 Å². The van der Waals surface area contributed by atoms with Gasteiger partial charge in [0.15, 0.2) is 16.6 Å². The highest BCUT2D eigenvalue weighted by Gasteiger charge is 2.29. The van der Waals surface area contributed by atoms with Crippen LogP contribution in [-0.2, 0) is 14.3 Å². The molecule has 0 saturated carbocycles. The van der Waals surface area contributed by atoms with Crippen molar-refractivity contribution in [2.45, 2.75) is 19.9 Å². The van der Waals surface area contributed by atoms with Gasteiger partial charge in [-0.15, -0.1) is 0 Å². The fraction of sp³-hybridized carbons (Fsp3) is 0.316. The van der Waals surface area contributed by atoms with Crippen LogP contribution in [0.5, 0.6) is 11.5 Å². The lowest BCUT2D eigenvalue weighted by Crippen LogP contribution is -2.47. The molecule has 2 heterocycles. The first-order chi connectivity index (χ1) is 14.7. The van der Waals surface area contributed by atoms with Gasteiger partial charge in [0.25, 0.3) is 11.5 Å². The minimum atomic E-state index is -1.48. The Morgan fingerprint density at radius 3 is 2.61 bits per heavy atom. The van der Waals surface area contributed by atoms with E-state index in [4.69, 9.17) is 14.2 Å². The monoisotopic (exact) mass is 452 g/mol. The second-order valence-electron chi connectivity index (χ2n) is 6.25. The van der Waals surface area contributed by atoms with E-state index in [1.165, 1.54) is 32.0 Å². The number of thioether (sulfide) groups is 1. The molecular formula is C19H17FN2O8S. The molecule has 0 N–H and O–H groups in total. The molecule has 1 aliphatic heterocycles. The molecule has 1 aromatic carbocycles. The first-order valence-electron chi connectivity index (χ1n) is 9.02. The molecule has 1 atom stereocenters. The lowest BCUT2D eigenvalue weighted by atomic mass is 10.2. The van der Waals surface area contributed by atoms with Crippen LogP contribution in [0.3, 0.4) is 0 Å². The van der Waals surface area contributed by atoms with Crippen molar-refractivity contribution in [1.82, 2.24) is 9.13 Å². The van der Waals surface area contributed by atoms with Crippen molar-refractivity contribution in [2.24, 2.45) is 0 Å². The highest BCUT2D eigenvalue weighted by atomic mass is 32.2. The Labute approximate surface area is 178 Å². The summed E-state index contributed by atoms with van der Waals surface area (Å²) in [6, 6.07) is 2.50. The lowest BCUT2D eigenvalue weighted by Gasteiger charge is -2.18. The van der Waals surface area contributed by atoms with Crippen LogP contribution in [0.4, 0.5) is 4.39 Å². The summed E-state index contributed by atoms with van der Waals surface area (Å²) in [5.74, 6) is -3.15. The van der Waals surface area contributed by atoms with Gasteiger partial charge in [0.05, 0.1) is 12.8 Å². The summed E-state index contributed by atoms with van der Waals surface area (Å²) in [7, 11) is 0. The van der Waals surface area contributed by atoms with Crippen LogP contribution in [0.1, 0.15) is 30.2 Å². The molecule has 10 nitrogen and oxygen atoms in total. The molecule has 0 spiro atoms. The first-order valence-corrected chi connectivity index (χ1v) is 10.0. The molecular weight excluding hydrogens is 435 g/mol. The quantitative estimate of drug-likeness (QED) is 0.590. The Morgan fingerprint density at radius 1 is 1.23 bits per heavy atom. The van der Waals surface area contributed by atoms with Crippen molar-refractivity contribution in [2.75, 3.05) is 19.2 Å². The second-order valence-corrected chi connectivity index (χ2v) is 7.45. The second kappa shape index (κ2) is 9.16. The fourth-order valence-corrected chi connectivity index (χ4v) is 3.49. The van der Waals surface area contributed by atoms with Crippen molar-refractivity contribution in [3.05, 3.63) is 56.6 Å². The average Bonchev–Trinajstić information content (AvgIpc) is 3.19. The molecule has 0 saturated heterocycles. The molecule has 0 fully saturated rings. The van der Waals surface area contributed by atoms with Crippen LogP contribution >= 0.6 is 11.8 Å². The van der Waals surface area contributed by atoms with E-state index in [1.54, 1.807) is 0 Å². The van der Waals surface area contributed by atoms with Crippen LogP contribution in [0.15, 0.2) is 34.0 Å². The molecule has 164 valence electrons. The highest BCUT2D eigenvalue weighted by molar-refractivity contribution is 8.13. The van der Waals surface area contributed by atoms with Gasteiger partial charge in [0.2, 0.25) is 12.6 Å². The molecule has 1 aliphatic rings. The van der Waals surface area contributed by atoms with Gasteiger partial charge in [0.1, 0.15) is 6.04 Å². The van der Waals surface area contributed by atoms with Crippen molar-refractivity contribution in [3.8, 4) is 11.5 Å². The molecule has 0 radical (unpaired) electrons. The Balaban J connectivity index is 2.10. The molecule has 0 bridgehead atoms. The predicted molar refractivity (Wildman–Crippen MR) is 106 cm³/mol. The molecule has 0 unspecified atom stereocenters. The molecule has 31 heavy (non-hydrogen) atoms. The van der Waals surface area contributed by atoms with Gasteiger partial charge in [-0.2, -0.15) is 8.96 Å². The zero-order valence-electron chi connectivity index (χ0n) is 16.5. The Morgan fingerprint density at radius 2 is 1.94 bits per heavy atom. The summed E-state index contributed by atoms with van der Waals surface area (Å²) in [4.78, 5) is 61.8. The molecule has 2 aromatic rings. The molecule has 0 aliphatic carbocycles.